The van der Waals surface area contributed by atoms with E-state index in [1.807, 2.05) is 6.07 Å². The van der Waals surface area contributed by atoms with Crippen molar-refractivity contribution in [1.29, 1.82) is 0 Å². The molecule has 0 radical (unpaired) electrons. The van der Waals surface area contributed by atoms with Crippen molar-refractivity contribution in [1.82, 2.24) is 10.6 Å². The molecule has 120 valence electrons. The highest BCUT2D eigenvalue weighted by atomic mass is 79.9. The molecule has 0 saturated heterocycles. The minimum atomic E-state index is -0.253. The first-order valence-corrected chi connectivity index (χ1v) is 7.86. The largest absolute Gasteiger partial charge is 0.496 e. The molecule has 6 heteroatoms. The summed E-state index contributed by atoms with van der Waals surface area (Å²) in [5.74, 6) is 0.0796. The lowest BCUT2D eigenvalue weighted by molar-refractivity contribution is 0.0926. The Morgan fingerprint density at radius 1 is 1.00 bits per heavy atom. The minimum absolute atomic E-state index is 0.167. The Bertz CT molecular complexity index is 689. The fourth-order valence-corrected chi connectivity index (χ4v) is 2.36. The van der Waals surface area contributed by atoms with Crippen LogP contribution in [0.1, 0.15) is 20.7 Å². The van der Waals surface area contributed by atoms with Crippen LogP contribution in [0.25, 0.3) is 0 Å². The molecule has 0 aliphatic carbocycles. The number of hydrogen-bond acceptors (Lipinski definition) is 3. The second-order valence-corrected chi connectivity index (χ2v) is 5.64. The van der Waals surface area contributed by atoms with E-state index in [2.05, 4.69) is 26.6 Å². The van der Waals surface area contributed by atoms with Crippen molar-refractivity contribution in [2.24, 2.45) is 0 Å². The van der Waals surface area contributed by atoms with E-state index >= 15 is 0 Å². The Balaban J connectivity index is 1.84. The van der Waals surface area contributed by atoms with E-state index in [-0.39, 0.29) is 11.8 Å². The van der Waals surface area contributed by atoms with E-state index in [0.717, 1.165) is 4.47 Å². The molecule has 2 rings (SSSR count). The van der Waals surface area contributed by atoms with Crippen molar-refractivity contribution in [2.75, 3.05) is 20.2 Å². The minimum Gasteiger partial charge on any atom is -0.496 e. The Labute approximate surface area is 143 Å². The van der Waals surface area contributed by atoms with E-state index in [4.69, 9.17) is 4.74 Å². The predicted octanol–water partition coefficient (Wildman–Crippen LogP) is 2.62. The van der Waals surface area contributed by atoms with Crippen LogP contribution in [0.5, 0.6) is 5.75 Å². The number of nitrogens with one attached hydrogen (secondary N) is 2. The highest BCUT2D eigenvalue weighted by Crippen LogP contribution is 2.22. The molecule has 2 aromatic rings. The summed E-state index contributed by atoms with van der Waals surface area (Å²) in [7, 11) is 1.51. The van der Waals surface area contributed by atoms with Crippen LogP contribution >= 0.6 is 15.9 Å². The molecule has 0 fully saturated rings. The van der Waals surface area contributed by atoms with Gasteiger partial charge in [0.05, 0.1) is 12.7 Å². The van der Waals surface area contributed by atoms with Gasteiger partial charge in [0.15, 0.2) is 0 Å². The van der Waals surface area contributed by atoms with Gasteiger partial charge in [-0.2, -0.15) is 0 Å². The van der Waals surface area contributed by atoms with Crippen LogP contribution in [0.3, 0.4) is 0 Å². The summed E-state index contributed by atoms with van der Waals surface area (Å²) in [5.41, 5.74) is 1.03. The van der Waals surface area contributed by atoms with Gasteiger partial charge in [0.1, 0.15) is 5.75 Å². The molecular weight excluding hydrogens is 360 g/mol. The normalized spacial score (nSPS) is 10.0. The summed E-state index contributed by atoms with van der Waals surface area (Å²) in [6.07, 6.45) is 0. The molecule has 0 aromatic heterocycles. The maximum Gasteiger partial charge on any atom is 0.255 e. The third kappa shape index (κ3) is 4.82. The molecule has 0 aliphatic heterocycles. The van der Waals surface area contributed by atoms with E-state index in [0.29, 0.717) is 30.0 Å². The maximum absolute atomic E-state index is 12.2. The van der Waals surface area contributed by atoms with Gasteiger partial charge >= 0.3 is 0 Å². The second-order valence-electron chi connectivity index (χ2n) is 4.72. The number of carbonyl (C=O) groups excluding carboxylic acids is 2. The van der Waals surface area contributed by atoms with Gasteiger partial charge in [-0.25, -0.2) is 0 Å². The molecule has 0 aliphatic rings. The van der Waals surface area contributed by atoms with Gasteiger partial charge in [-0.1, -0.05) is 34.1 Å². The molecule has 0 spiro atoms. The zero-order chi connectivity index (χ0) is 16.7. The summed E-state index contributed by atoms with van der Waals surface area (Å²) in [4.78, 5) is 24.0. The lowest BCUT2D eigenvalue weighted by Gasteiger charge is -2.10. The number of amides is 2. The first-order chi connectivity index (χ1) is 11.1. The second kappa shape index (κ2) is 8.33. The number of rotatable bonds is 6. The molecular formula is C17H17BrN2O3. The van der Waals surface area contributed by atoms with E-state index in [1.165, 1.54) is 7.11 Å². The lowest BCUT2D eigenvalue weighted by atomic mass is 10.2. The molecule has 0 heterocycles. The quantitative estimate of drug-likeness (QED) is 0.761. The fraction of sp³-hybridized carbons (Fsp3) is 0.176. The van der Waals surface area contributed by atoms with Gasteiger partial charge in [-0.15, -0.1) is 0 Å². The zero-order valence-electron chi connectivity index (χ0n) is 12.6. The van der Waals surface area contributed by atoms with Gasteiger partial charge in [0.2, 0.25) is 0 Å². The number of methoxy groups -OCH3 is 1. The third-order valence-corrected chi connectivity index (χ3v) is 3.63. The molecule has 0 unspecified atom stereocenters. The molecule has 0 bridgehead atoms. The van der Waals surface area contributed by atoms with Crippen molar-refractivity contribution in [2.45, 2.75) is 0 Å². The predicted molar refractivity (Wildman–Crippen MR) is 91.8 cm³/mol. The molecule has 5 nitrogen and oxygen atoms in total. The summed E-state index contributed by atoms with van der Waals surface area (Å²) in [6.45, 7) is 0.670. The third-order valence-electron chi connectivity index (χ3n) is 3.14. The van der Waals surface area contributed by atoms with Gasteiger partial charge in [-0.3, -0.25) is 9.59 Å². The lowest BCUT2D eigenvalue weighted by Crippen LogP contribution is -2.34. The number of halogens is 1. The Kier molecular flexibility index (Phi) is 6.17. The molecule has 2 aromatic carbocycles. The fourth-order valence-electron chi connectivity index (χ4n) is 2.00. The van der Waals surface area contributed by atoms with Crippen LogP contribution in [0.4, 0.5) is 0 Å². The van der Waals surface area contributed by atoms with Crippen LogP contribution in [-0.2, 0) is 0 Å². The van der Waals surface area contributed by atoms with Crippen molar-refractivity contribution >= 4 is 27.7 Å². The van der Waals surface area contributed by atoms with Crippen molar-refractivity contribution in [3.63, 3.8) is 0 Å². The van der Waals surface area contributed by atoms with Crippen molar-refractivity contribution in [3.8, 4) is 5.75 Å². The summed E-state index contributed by atoms with van der Waals surface area (Å²) < 4.78 is 5.96. The highest BCUT2D eigenvalue weighted by Gasteiger charge is 2.12. The highest BCUT2D eigenvalue weighted by molar-refractivity contribution is 9.10. The average molecular weight is 377 g/mol. The average Bonchev–Trinajstić information content (AvgIpc) is 2.59. The molecule has 2 amide bonds. The number of hydrogen-bond donors (Lipinski definition) is 2. The van der Waals surface area contributed by atoms with Crippen LogP contribution in [-0.4, -0.2) is 32.0 Å². The van der Waals surface area contributed by atoms with E-state index < -0.39 is 0 Å². The van der Waals surface area contributed by atoms with Crippen LogP contribution in [0, 0.1) is 0 Å². The number of ether oxygens (including phenoxy) is 1. The zero-order valence-corrected chi connectivity index (χ0v) is 14.2. The van der Waals surface area contributed by atoms with Gasteiger partial charge in [0.25, 0.3) is 11.8 Å². The van der Waals surface area contributed by atoms with Gasteiger partial charge in [-0.05, 0) is 30.3 Å². The molecule has 0 atom stereocenters. The van der Waals surface area contributed by atoms with E-state index in [1.54, 1.807) is 42.5 Å². The Morgan fingerprint density at radius 3 is 2.30 bits per heavy atom. The molecule has 23 heavy (non-hydrogen) atoms. The number of benzene rings is 2. The Morgan fingerprint density at radius 2 is 1.65 bits per heavy atom. The molecule has 2 N–H and O–H groups in total. The SMILES string of the molecule is COc1ccc(Br)cc1C(=O)NCCNC(=O)c1ccccc1. The summed E-state index contributed by atoms with van der Waals surface area (Å²) in [5, 5.41) is 5.50. The topological polar surface area (TPSA) is 67.4 Å². The maximum atomic E-state index is 12.2. The molecule has 0 saturated carbocycles. The number of carbonyl (C=O) groups is 2. The smallest absolute Gasteiger partial charge is 0.255 e. The van der Waals surface area contributed by atoms with Gasteiger partial charge < -0.3 is 15.4 Å². The monoisotopic (exact) mass is 376 g/mol. The van der Waals surface area contributed by atoms with Crippen LogP contribution < -0.4 is 15.4 Å². The van der Waals surface area contributed by atoms with Crippen molar-refractivity contribution in [3.05, 3.63) is 64.1 Å². The van der Waals surface area contributed by atoms with Crippen molar-refractivity contribution < 1.29 is 14.3 Å². The summed E-state index contributed by atoms with van der Waals surface area (Å²) >= 11 is 3.33. The van der Waals surface area contributed by atoms with Crippen LogP contribution in [0.15, 0.2) is 53.0 Å². The first kappa shape index (κ1) is 17.0. The van der Waals surface area contributed by atoms with E-state index in [9.17, 15) is 9.59 Å². The van der Waals surface area contributed by atoms with Gasteiger partial charge in [0, 0.05) is 23.1 Å². The standard InChI is InChI=1S/C17H17BrN2O3/c1-23-15-8-7-13(18)11-14(15)17(22)20-10-9-19-16(21)12-5-3-2-4-6-12/h2-8,11H,9-10H2,1H3,(H,19,21)(H,20,22). The first-order valence-electron chi connectivity index (χ1n) is 7.07. The Hall–Kier alpha value is -2.34. The van der Waals surface area contributed by atoms with Crippen LogP contribution in [0.2, 0.25) is 0 Å². The summed E-state index contributed by atoms with van der Waals surface area (Å²) in [6, 6.07) is 14.1.